The smallest absolute Gasteiger partial charge is 0.323 e. The van der Waals surface area contributed by atoms with Crippen LogP contribution in [0.15, 0.2) is 0 Å². The summed E-state index contributed by atoms with van der Waals surface area (Å²) in [5.41, 5.74) is 2.39. The van der Waals surface area contributed by atoms with E-state index < -0.39 is 0 Å². The molecule has 1 rings (SSSR count). The van der Waals surface area contributed by atoms with E-state index in [9.17, 15) is 0 Å². The van der Waals surface area contributed by atoms with Crippen LogP contribution in [0.1, 0.15) is 26.7 Å². The average Bonchev–Trinajstić information content (AvgIpc) is 2.37. The molecule has 108 valence electrons. The minimum atomic E-state index is -0.0115. The van der Waals surface area contributed by atoms with Crippen molar-refractivity contribution in [3.63, 3.8) is 0 Å². The number of unbranched alkanes of at least 4 members (excludes halogenated alkanes) is 1. The number of anilines is 2. The van der Waals surface area contributed by atoms with Crippen LogP contribution in [-0.2, 0) is 4.74 Å². The van der Waals surface area contributed by atoms with Crippen molar-refractivity contribution in [2.45, 2.75) is 32.8 Å². The van der Waals surface area contributed by atoms with Gasteiger partial charge >= 0.3 is 6.01 Å². The number of ether oxygens (including phenoxy) is 2. The highest BCUT2D eigenvalue weighted by Gasteiger charge is 2.07. The normalized spacial score (nSPS) is 10.6. The van der Waals surface area contributed by atoms with Crippen LogP contribution in [-0.4, -0.2) is 41.3 Å². The van der Waals surface area contributed by atoms with Crippen molar-refractivity contribution in [2.75, 3.05) is 31.0 Å². The van der Waals surface area contributed by atoms with Gasteiger partial charge in [0.2, 0.25) is 11.9 Å². The number of hydrogen-bond acceptors (Lipinski definition) is 8. The van der Waals surface area contributed by atoms with E-state index in [0.717, 1.165) is 26.0 Å². The Bertz CT molecular complexity index is 374. The Kier molecular flexibility index (Phi) is 6.83. The fourth-order valence-corrected chi connectivity index (χ4v) is 1.34. The Morgan fingerprint density at radius 3 is 2.53 bits per heavy atom. The number of nitrogens with one attached hydrogen (secondary N) is 2. The molecule has 0 saturated carbocycles. The van der Waals surface area contributed by atoms with Gasteiger partial charge in [-0.3, -0.25) is 5.43 Å². The van der Waals surface area contributed by atoms with E-state index in [2.05, 4.69) is 25.7 Å². The van der Waals surface area contributed by atoms with Crippen molar-refractivity contribution in [1.29, 1.82) is 0 Å². The van der Waals surface area contributed by atoms with Crippen LogP contribution in [0, 0.1) is 0 Å². The molecule has 0 bridgehead atoms. The fraction of sp³-hybridized carbons (Fsp3) is 0.727. The standard InChI is InChI=1S/C11H22N6O2/c1-8(2)19-11-15-9(14-10(16-11)17-12)13-6-4-5-7-18-3/h8H,4-7,12H2,1-3H3,(H2,13,14,15,16,17). The lowest BCUT2D eigenvalue weighted by atomic mass is 10.3. The molecule has 0 unspecified atom stereocenters. The summed E-state index contributed by atoms with van der Waals surface area (Å²) >= 11 is 0. The minimum Gasteiger partial charge on any atom is -0.461 e. The third-order valence-electron chi connectivity index (χ3n) is 2.14. The van der Waals surface area contributed by atoms with Crippen LogP contribution in [0.3, 0.4) is 0 Å². The molecule has 4 N–H and O–H groups in total. The number of hydrogen-bond donors (Lipinski definition) is 3. The molecule has 19 heavy (non-hydrogen) atoms. The van der Waals surface area contributed by atoms with Crippen molar-refractivity contribution in [3.05, 3.63) is 0 Å². The van der Waals surface area contributed by atoms with E-state index in [4.69, 9.17) is 15.3 Å². The van der Waals surface area contributed by atoms with E-state index in [1.807, 2.05) is 13.8 Å². The Morgan fingerprint density at radius 1 is 1.16 bits per heavy atom. The van der Waals surface area contributed by atoms with E-state index in [-0.39, 0.29) is 18.1 Å². The number of hydrazine groups is 1. The second-order valence-electron chi connectivity index (χ2n) is 4.20. The number of nitrogen functional groups attached to an aromatic ring is 1. The van der Waals surface area contributed by atoms with Gasteiger partial charge in [0.25, 0.3) is 0 Å². The van der Waals surface area contributed by atoms with E-state index in [1.165, 1.54) is 0 Å². The SMILES string of the molecule is COCCCCNc1nc(NN)nc(OC(C)C)n1. The first-order chi connectivity index (χ1) is 9.15. The maximum Gasteiger partial charge on any atom is 0.323 e. The highest BCUT2D eigenvalue weighted by atomic mass is 16.5. The summed E-state index contributed by atoms with van der Waals surface area (Å²) in [6.45, 7) is 5.29. The maximum atomic E-state index is 5.42. The molecule has 1 heterocycles. The lowest BCUT2D eigenvalue weighted by molar-refractivity contribution is 0.193. The molecule has 8 nitrogen and oxygen atoms in total. The zero-order chi connectivity index (χ0) is 14.1. The van der Waals surface area contributed by atoms with Crippen molar-refractivity contribution in [1.82, 2.24) is 15.0 Å². The first-order valence-corrected chi connectivity index (χ1v) is 6.28. The lowest BCUT2D eigenvalue weighted by Gasteiger charge is -2.11. The van der Waals surface area contributed by atoms with Gasteiger partial charge in [-0.15, -0.1) is 0 Å². The van der Waals surface area contributed by atoms with Crippen molar-refractivity contribution >= 4 is 11.9 Å². The molecular weight excluding hydrogens is 248 g/mol. The lowest BCUT2D eigenvalue weighted by Crippen LogP contribution is -2.16. The Hall–Kier alpha value is -1.67. The van der Waals surface area contributed by atoms with Gasteiger partial charge in [0.1, 0.15) is 0 Å². The van der Waals surface area contributed by atoms with Crippen LogP contribution < -0.4 is 21.3 Å². The third kappa shape index (κ3) is 6.16. The molecule has 8 heteroatoms. The van der Waals surface area contributed by atoms with Crippen LogP contribution in [0.25, 0.3) is 0 Å². The third-order valence-corrected chi connectivity index (χ3v) is 2.14. The molecule has 0 aliphatic carbocycles. The number of nitrogens with two attached hydrogens (primary N) is 1. The number of rotatable bonds is 9. The first-order valence-electron chi connectivity index (χ1n) is 6.28. The molecule has 1 aromatic heterocycles. The van der Waals surface area contributed by atoms with Crippen molar-refractivity contribution in [3.8, 4) is 6.01 Å². The summed E-state index contributed by atoms with van der Waals surface area (Å²) in [6.07, 6.45) is 1.93. The topological polar surface area (TPSA) is 107 Å². The molecule has 0 aromatic carbocycles. The highest BCUT2D eigenvalue weighted by molar-refractivity contribution is 5.34. The molecule has 0 amide bonds. The van der Waals surface area contributed by atoms with Gasteiger partial charge < -0.3 is 14.8 Å². The highest BCUT2D eigenvalue weighted by Crippen LogP contribution is 2.11. The quantitative estimate of drug-likeness (QED) is 0.343. The zero-order valence-electron chi connectivity index (χ0n) is 11.6. The van der Waals surface area contributed by atoms with E-state index in [1.54, 1.807) is 7.11 Å². The van der Waals surface area contributed by atoms with Crippen molar-refractivity contribution in [2.24, 2.45) is 5.84 Å². The minimum absolute atomic E-state index is 0.0115. The summed E-state index contributed by atoms with van der Waals surface area (Å²) in [4.78, 5) is 12.3. The largest absolute Gasteiger partial charge is 0.461 e. The summed E-state index contributed by atoms with van der Waals surface area (Å²) in [6, 6.07) is 0.248. The van der Waals surface area contributed by atoms with Crippen LogP contribution in [0.5, 0.6) is 6.01 Å². The van der Waals surface area contributed by atoms with Gasteiger partial charge in [0.05, 0.1) is 6.10 Å². The molecule has 0 aliphatic rings. The molecular formula is C11H22N6O2. The second kappa shape index (κ2) is 8.44. The molecule has 0 saturated heterocycles. The van der Waals surface area contributed by atoms with E-state index in [0.29, 0.717) is 5.95 Å². The summed E-state index contributed by atoms with van der Waals surface area (Å²) < 4.78 is 10.4. The van der Waals surface area contributed by atoms with Gasteiger partial charge in [-0.25, -0.2) is 5.84 Å². The fourth-order valence-electron chi connectivity index (χ4n) is 1.34. The second-order valence-corrected chi connectivity index (χ2v) is 4.20. The molecule has 0 fully saturated rings. The Morgan fingerprint density at radius 2 is 1.89 bits per heavy atom. The number of nitrogens with zero attached hydrogens (tertiary/aromatic N) is 3. The van der Waals surface area contributed by atoms with Gasteiger partial charge in [-0.05, 0) is 26.7 Å². The summed E-state index contributed by atoms with van der Waals surface area (Å²) in [5, 5.41) is 3.10. The number of methoxy groups -OCH3 is 1. The van der Waals surface area contributed by atoms with Crippen LogP contribution >= 0.6 is 0 Å². The zero-order valence-corrected chi connectivity index (χ0v) is 11.6. The molecule has 0 spiro atoms. The van der Waals surface area contributed by atoms with Crippen LogP contribution in [0.4, 0.5) is 11.9 Å². The van der Waals surface area contributed by atoms with Gasteiger partial charge in [0.15, 0.2) is 0 Å². The Labute approximate surface area is 113 Å². The van der Waals surface area contributed by atoms with E-state index >= 15 is 0 Å². The summed E-state index contributed by atoms with van der Waals surface area (Å²) in [5.74, 6) is 6.02. The Balaban J connectivity index is 2.55. The predicted octanol–water partition coefficient (Wildman–Crippen LogP) is 0.783. The number of aromatic nitrogens is 3. The maximum absolute atomic E-state index is 5.42. The molecule has 0 atom stereocenters. The van der Waals surface area contributed by atoms with Crippen molar-refractivity contribution < 1.29 is 9.47 Å². The van der Waals surface area contributed by atoms with Crippen LogP contribution in [0.2, 0.25) is 0 Å². The van der Waals surface area contributed by atoms with Gasteiger partial charge in [0, 0.05) is 20.3 Å². The summed E-state index contributed by atoms with van der Waals surface area (Å²) in [7, 11) is 1.69. The first kappa shape index (κ1) is 15.4. The predicted molar refractivity (Wildman–Crippen MR) is 73.0 cm³/mol. The monoisotopic (exact) mass is 270 g/mol. The average molecular weight is 270 g/mol. The molecule has 0 radical (unpaired) electrons. The van der Waals surface area contributed by atoms with Gasteiger partial charge in [-0.2, -0.15) is 15.0 Å². The van der Waals surface area contributed by atoms with Gasteiger partial charge in [-0.1, -0.05) is 0 Å². The molecule has 0 aliphatic heterocycles. The molecule has 1 aromatic rings.